The molecule has 1 amide bonds. The molecule has 1 aromatic heterocycles. The summed E-state index contributed by atoms with van der Waals surface area (Å²) in [6.45, 7) is 1.52. The van der Waals surface area contributed by atoms with E-state index < -0.39 is 0 Å². The number of aryl methyl sites for hydroxylation is 2. The Morgan fingerprint density at radius 2 is 2.44 bits per heavy atom. The predicted octanol–water partition coefficient (Wildman–Crippen LogP) is 0.990. The lowest BCUT2D eigenvalue weighted by Gasteiger charge is -2.24. The SMILES string of the molecule is COC[C@H]1CCCN1C(=O)CCc1ccnn1C. The third-order valence-electron chi connectivity index (χ3n) is 3.57. The molecule has 1 aliphatic heterocycles. The molecule has 1 fully saturated rings. The Morgan fingerprint density at radius 3 is 3.11 bits per heavy atom. The lowest BCUT2D eigenvalue weighted by Crippen LogP contribution is -2.38. The fourth-order valence-corrected chi connectivity index (χ4v) is 2.55. The summed E-state index contributed by atoms with van der Waals surface area (Å²) < 4.78 is 6.99. The number of nitrogens with zero attached hydrogens (tertiary/aromatic N) is 3. The molecule has 0 spiro atoms. The number of aromatic nitrogens is 2. The van der Waals surface area contributed by atoms with Crippen LogP contribution in [0.3, 0.4) is 0 Å². The zero-order valence-corrected chi connectivity index (χ0v) is 11.1. The van der Waals surface area contributed by atoms with Crippen molar-refractivity contribution in [1.29, 1.82) is 0 Å². The summed E-state index contributed by atoms with van der Waals surface area (Å²) in [6.07, 6.45) is 5.23. The topological polar surface area (TPSA) is 47.4 Å². The van der Waals surface area contributed by atoms with Crippen LogP contribution in [-0.2, 0) is 23.0 Å². The van der Waals surface area contributed by atoms with E-state index in [1.165, 1.54) is 0 Å². The number of carbonyl (C=O) groups is 1. The van der Waals surface area contributed by atoms with Crippen LogP contribution in [0.2, 0.25) is 0 Å². The average Bonchev–Trinajstić information content (AvgIpc) is 2.96. The number of rotatable bonds is 5. The Morgan fingerprint density at radius 1 is 1.61 bits per heavy atom. The quantitative estimate of drug-likeness (QED) is 0.784. The summed E-state index contributed by atoms with van der Waals surface area (Å²) in [5, 5.41) is 4.11. The second-order valence-corrected chi connectivity index (χ2v) is 4.78. The van der Waals surface area contributed by atoms with Gasteiger partial charge in [0.15, 0.2) is 0 Å². The molecular formula is C13H21N3O2. The van der Waals surface area contributed by atoms with Gasteiger partial charge in [-0.15, -0.1) is 0 Å². The summed E-state index contributed by atoms with van der Waals surface area (Å²) in [5.41, 5.74) is 1.10. The van der Waals surface area contributed by atoms with Crippen molar-refractivity contribution >= 4 is 5.91 Å². The van der Waals surface area contributed by atoms with Gasteiger partial charge in [0.1, 0.15) is 0 Å². The summed E-state index contributed by atoms with van der Waals surface area (Å²) >= 11 is 0. The standard InChI is InChI=1S/C13H21N3O2/c1-15-11(7-8-14-15)5-6-13(17)16-9-3-4-12(16)10-18-2/h7-8,12H,3-6,9-10H2,1-2H3/t12-/m1/s1. The average molecular weight is 251 g/mol. The van der Waals surface area contributed by atoms with Crippen LogP contribution in [0.1, 0.15) is 25.0 Å². The van der Waals surface area contributed by atoms with Crippen LogP contribution in [0, 0.1) is 0 Å². The van der Waals surface area contributed by atoms with Crippen molar-refractivity contribution in [2.45, 2.75) is 31.7 Å². The molecule has 5 nitrogen and oxygen atoms in total. The second kappa shape index (κ2) is 6.00. The van der Waals surface area contributed by atoms with Gasteiger partial charge in [0, 0.05) is 39.0 Å². The van der Waals surface area contributed by atoms with Crippen LogP contribution in [0.4, 0.5) is 0 Å². The fraction of sp³-hybridized carbons (Fsp3) is 0.692. The predicted molar refractivity (Wildman–Crippen MR) is 68.1 cm³/mol. The highest BCUT2D eigenvalue weighted by atomic mass is 16.5. The van der Waals surface area contributed by atoms with Crippen LogP contribution in [0.25, 0.3) is 0 Å². The molecule has 0 unspecified atom stereocenters. The third kappa shape index (κ3) is 2.90. The lowest BCUT2D eigenvalue weighted by molar-refractivity contribution is -0.132. The number of amides is 1. The monoisotopic (exact) mass is 251 g/mol. The van der Waals surface area contributed by atoms with E-state index in [2.05, 4.69) is 5.10 Å². The second-order valence-electron chi connectivity index (χ2n) is 4.78. The fourth-order valence-electron chi connectivity index (χ4n) is 2.55. The maximum Gasteiger partial charge on any atom is 0.223 e. The molecule has 5 heteroatoms. The van der Waals surface area contributed by atoms with Gasteiger partial charge in [0.2, 0.25) is 5.91 Å². The normalized spacial score (nSPS) is 19.4. The smallest absolute Gasteiger partial charge is 0.223 e. The lowest BCUT2D eigenvalue weighted by atomic mass is 10.2. The third-order valence-corrected chi connectivity index (χ3v) is 3.57. The minimum atomic E-state index is 0.232. The molecule has 1 saturated heterocycles. The first-order chi connectivity index (χ1) is 8.72. The van der Waals surface area contributed by atoms with E-state index >= 15 is 0 Å². The van der Waals surface area contributed by atoms with E-state index in [1.54, 1.807) is 13.3 Å². The van der Waals surface area contributed by atoms with Crippen LogP contribution in [-0.4, -0.2) is 46.9 Å². The van der Waals surface area contributed by atoms with E-state index in [0.717, 1.165) is 31.5 Å². The Balaban J connectivity index is 1.86. The van der Waals surface area contributed by atoms with Crippen LogP contribution in [0.15, 0.2) is 12.3 Å². The van der Waals surface area contributed by atoms with Gasteiger partial charge in [0.05, 0.1) is 12.6 Å². The molecule has 2 rings (SSSR count). The molecule has 18 heavy (non-hydrogen) atoms. The molecule has 1 atom stereocenters. The van der Waals surface area contributed by atoms with Crippen molar-refractivity contribution in [3.8, 4) is 0 Å². The first-order valence-electron chi connectivity index (χ1n) is 6.47. The molecular weight excluding hydrogens is 230 g/mol. The van der Waals surface area contributed by atoms with E-state index in [4.69, 9.17) is 4.74 Å². The van der Waals surface area contributed by atoms with Crippen molar-refractivity contribution in [3.05, 3.63) is 18.0 Å². The summed E-state index contributed by atoms with van der Waals surface area (Å²) in [6, 6.07) is 2.23. The minimum absolute atomic E-state index is 0.232. The van der Waals surface area contributed by atoms with Gasteiger partial charge in [-0.3, -0.25) is 9.48 Å². The van der Waals surface area contributed by atoms with Gasteiger partial charge in [0.25, 0.3) is 0 Å². The summed E-state index contributed by atoms with van der Waals surface area (Å²) in [5.74, 6) is 0.232. The molecule has 1 aliphatic rings. The molecule has 0 aliphatic carbocycles. The van der Waals surface area contributed by atoms with Crippen molar-refractivity contribution in [1.82, 2.24) is 14.7 Å². The van der Waals surface area contributed by atoms with Gasteiger partial charge in [-0.25, -0.2) is 0 Å². The van der Waals surface area contributed by atoms with Crippen molar-refractivity contribution in [3.63, 3.8) is 0 Å². The van der Waals surface area contributed by atoms with Gasteiger partial charge < -0.3 is 9.64 Å². The van der Waals surface area contributed by atoms with E-state index in [9.17, 15) is 4.79 Å². The Bertz CT molecular complexity index is 403. The van der Waals surface area contributed by atoms with Gasteiger partial charge in [-0.1, -0.05) is 0 Å². The molecule has 0 bridgehead atoms. The number of likely N-dealkylation sites (tertiary alicyclic amines) is 1. The minimum Gasteiger partial charge on any atom is -0.383 e. The van der Waals surface area contributed by atoms with Crippen LogP contribution >= 0.6 is 0 Å². The summed E-state index contributed by atoms with van der Waals surface area (Å²) in [7, 11) is 3.60. The first kappa shape index (κ1) is 13.1. The molecule has 0 aromatic carbocycles. The highest BCUT2D eigenvalue weighted by molar-refractivity contribution is 5.77. The van der Waals surface area contributed by atoms with Gasteiger partial charge >= 0.3 is 0 Å². The van der Waals surface area contributed by atoms with Gasteiger partial charge in [-0.05, 0) is 25.3 Å². The van der Waals surface area contributed by atoms with Gasteiger partial charge in [-0.2, -0.15) is 5.10 Å². The van der Waals surface area contributed by atoms with Crippen molar-refractivity contribution in [2.24, 2.45) is 7.05 Å². The zero-order valence-electron chi connectivity index (χ0n) is 11.1. The highest BCUT2D eigenvalue weighted by Gasteiger charge is 2.28. The molecule has 100 valence electrons. The number of ether oxygens (including phenoxy) is 1. The van der Waals surface area contributed by atoms with Crippen LogP contribution < -0.4 is 0 Å². The first-order valence-corrected chi connectivity index (χ1v) is 6.47. The Hall–Kier alpha value is -1.36. The van der Waals surface area contributed by atoms with E-state index in [1.807, 2.05) is 22.7 Å². The largest absolute Gasteiger partial charge is 0.383 e. The van der Waals surface area contributed by atoms with Crippen LogP contribution in [0.5, 0.6) is 0 Å². The molecule has 0 saturated carbocycles. The Kier molecular flexibility index (Phi) is 4.36. The van der Waals surface area contributed by atoms with Crippen molar-refractivity contribution in [2.75, 3.05) is 20.3 Å². The maximum absolute atomic E-state index is 12.2. The van der Waals surface area contributed by atoms with Crippen molar-refractivity contribution < 1.29 is 9.53 Å². The zero-order chi connectivity index (χ0) is 13.0. The summed E-state index contributed by atoms with van der Waals surface area (Å²) in [4.78, 5) is 14.1. The Labute approximate surface area is 108 Å². The molecule has 0 radical (unpaired) electrons. The maximum atomic E-state index is 12.2. The number of carbonyl (C=O) groups excluding carboxylic acids is 1. The molecule has 1 aromatic rings. The number of hydrogen-bond donors (Lipinski definition) is 0. The molecule has 0 N–H and O–H groups in total. The van der Waals surface area contributed by atoms with E-state index in [-0.39, 0.29) is 11.9 Å². The highest BCUT2D eigenvalue weighted by Crippen LogP contribution is 2.19. The molecule has 2 heterocycles. The van der Waals surface area contributed by atoms with E-state index in [0.29, 0.717) is 13.0 Å². The number of methoxy groups -OCH3 is 1. The number of hydrogen-bond acceptors (Lipinski definition) is 3.